The van der Waals surface area contributed by atoms with Crippen LogP contribution in [0.1, 0.15) is 97.3 Å². The molecule has 3 fully saturated rings. The van der Waals surface area contributed by atoms with Gasteiger partial charge in [-0.05, 0) is 69.6 Å². The maximum absolute atomic E-state index is 13.0. The Morgan fingerprint density at radius 1 is 0.810 bits per heavy atom. The average molecular weight is 290 g/mol. The summed E-state index contributed by atoms with van der Waals surface area (Å²) < 4.78 is 0. The largest absolute Gasteiger partial charge is 0.298 e. The summed E-state index contributed by atoms with van der Waals surface area (Å²) in [5.41, 5.74) is 0.309. The molecule has 3 saturated carbocycles. The van der Waals surface area contributed by atoms with Gasteiger partial charge in [-0.15, -0.1) is 0 Å². The highest BCUT2D eigenvalue weighted by molar-refractivity contribution is 5.96. The Hall–Kier alpha value is -0.330. The molecule has 0 aliphatic heterocycles. The summed E-state index contributed by atoms with van der Waals surface area (Å²) in [7, 11) is 0. The van der Waals surface area contributed by atoms with E-state index >= 15 is 0 Å². The Labute approximate surface area is 131 Å². The number of carbonyl (C=O) groups is 1. The van der Waals surface area contributed by atoms with Crippen molar-refractivity contribution in [3.63, 3.8) is 0 Å². The van der Waals surface area contributed by atoms with Gasteiger partial charge in [0.2, 0.25) is 0 Å². The van der Waals surface area contributed by atoms with E-state index < -0.39 is 0 Å². The first kappa shape index (κ1) is 15.6. The summed E-state index contributed by atoms with van der Waals surface area (Å²) in [5, 5.41) is 0. The topological polar surface area (TPSA) is 17.1 Å². The van der Waals surface area contributed by atoms with E-state index in [2.05, 4.69) is 13.8 Å². The van der Waals surface area contributed by atoms with E-state index in [-0.39, 0.29) is 10.8 Å². The van der Waals surface area contributed by atoms with Gasteiger partial charge in [0.05, 0.1) is 0 Å². The van der Waals surface area contributed by atoms with Gasteiger partial charge in [0.1, 0.15) is 5.78 Å². The van der Waals surface area contributed by atoms with Crippen molar-refractivity contribution in [2.24, 2.45) is 22.7 Å². The Bertz CT molecular complexity index is 333. The van der Waals surface area contributed by atoms with Crippen molar-refractivity contribution in [3.8, 4) is 0 Å². The van der Waals surface area contributed by atoms with E-state index in [1.165, 1.54) is 83.5 Å². The molecule has 0 unspecified atom stereocenters. The van der Waals surface area contributed by atoms with Crippen LogP contribution in [0.15, 0.2) is 0 Å². The van der Waals surface area contributed by atoms with Gasteiger partial charge in [-0.2, -0.15) is 0 Å². The van der Waals surface area contributed by atoms with Crippen molar-refractivity contribution >= 4 is 5.78 Å². The van der Waals surface area contributed by atoms with Gasteiger partial charge in [0.15, 0.2) is 0 Å². The molecule has 0 amide bonds. The van der Waals surface area contributed by atoms with E-state index in [4.69, 9.17) is 0 Å². The van der Waals surface area contributed by atoms with Gasteiger partial charge in [-0.1, -0.05) is 39.5 Å². The maximum Gasteiger partial charge on any atom is 0.145 e. The Balaban J connectivity index is 1.54. The second-order valence-electron chi connectivity index (χ2n) is 8.53. The summed E-state index contributed by atoms with van der Waals surface area (Å²) >= 11 is 0. The van der Waals surface area contributed by atoms with Gasteiger partial charge in [-0.25, -0.2) is 0 Å². The van der Waals surface area contributed by atoms with Crippen LogP contribution in [-0.2, 0) is 4.79 Å². The fourth-order valence-corrected chi connectivity index (χ4v) is 5.93. The molecular weight excluding hydrogens is 256 g/mol. The number of Topliss-reactive ketones (excluding diaryl/α,β-unsaturated/α-hetero) is 1. The lowest BCUT2D eigenvalue weighted by Gasteiger charge is -2.59. The second-order valence-corrected chi connectivity index (χ2v) is 8.53. The van der Waals surface area contributed by atoms with Crippen molar-refractivity contribution in [1.29, 1.82) is 0 Å². The van der Waals surface area contributed by atoms with Crippen molar-refractivity contribution < 1.29 is 4.79 Å². The lowest BCUT2D eigenvalue weighted by Crippen LogP contribution is -2.59. The first-order chi connectivity index (χ1) is 10.1. The van der Waals surface area contributed by atoms with E-state index in [0.717, 1.165) is 11.8 Å². The van der Waals surface area contributed by atoms with Crippen LogP contribution >= 0.6 is 0 Å². The molecule has 0 heterocycles. The lowest BCUT2D eigenvalue weighted by molar-refractivity contribution is -0.169. The highest BCUT2D eigenvalue weighted by atomic mass is 16.1. The van der Waals surface area contributed by atoms with Crippen LogP contribution in [0, 0.1) is 22.7 Å². The summed E-state index contributed by atoms with van der Waals surface area (Å²) in [6, 6.07) is 0. The molecule has 0 bridgehead atoms. The van der Waals surface area contributed by atoms with Crippen molar-refractivity contribution in [2.75, 3.05) is 0 Å². The van der Waals surface area contributed by atoms with Gasteiger partial charge in [0, 0.05) is 10.8 Å². The van der Waals surface area contributed by atoms with Crippen molar-refractivity contribution in [2.45, 2.75) is 97.3 Å². The molecule has 1 nitrogen and oxygen atoms in total. The van der Waals surface area contributed by atoms with Crippen molar-refractivity contribution in [3.05, 3.63) is 0 Å². The molecule has 0 aromatic carbocycles. The molecule has 21 heavy (non-hydrogen) atoms. The number of hydrogen-bond acceptors (Lipinski definition) is 1. The third kappa shape index (κ3) is 2.70. The van der Waals surface area contributed by atoms with Gasteiger partial charge < -0.3 is 0 Å². The summed E-state index contributed by atoms with van der Waals surface area (Å²) in [4.78, 5) is 13.0. The predicted octanol–water partition coefficient (Wildman–Crippen LogP) is 5.91. The fraction of sp³-hybridized carbons (Fsp3) is 0.950. The fourth-order valence-electron chi connectivity index (χ4n) is 5.93. The summed E-state index contributed by atoms with van der Waals surface area (Å²) in [6.45, 7) is 4.59. The Morgan fingerprint density at radius 2 is 1.19 bits per heavy atom. The minimum absolute atomic E-state index is 0.155. The van der Waals surface area contributed by atoms with Crippen LogP contribution in [0.5, 0.6) is 0 Å². The van der Waals surface area contributed by atoms with E-state index in [0.29, 0.717) is 5.78 Å². The predicted molar refractivity (Wildman–Crippen MR) is 88.2 cm³/mol. The normalized spacial score (nSPS) is 43.2. The monoisotopic (exact) mass is 290 g/mol. The molecule has 0 atom stereocenters. The lowest BCUT2D eigenvalue weighted by atomic mass is 9.43. The molecule has 3 aliphatic rings. The summed E-state index contributed by atoms with van der Waals surface area (Å²) in [5.74, 6) is 2.55. The molecular formula is C20H34O. The molecule has 0 saturated heterocycles. The molecule has 2 spiro atoms. The highest BCUT2D eigenvalue weighted by Crippen LogP contribution is 2.64. The van der Waals surface area contributed by atoms with Gasteiger partial charge in [-0.3, -0.25) is 4.79 Å². The molecule has 3 aliphatic carbocycles. The standard InChI is InChI=1S/C20H34O/c1-3-5-16-7-11-19(12-8-16)15-20(18(19)21)13-9-17(6-4-2)10-14-20/h16-17H,3-15H2,1-2H3. The van der Waals surface area contributed by atoms with Crippen LogP contribution < -0.4 is 0 Å². The third-order valence-electron chi connectivity index (χ3n) is 7.16. The number of carbonyl (C=O) groups excluding carboxylic acids is 1. The SMILES string of the molecule is CCCC1CCC2(CC1)CC1(CCC(CCC)CC1)C2=O. The minimum atomic E-state index is 0.155. The van der Waals surface area contributed by atoms with Crippen molar-refractivity contribution in [1.82, 2.24) is 0 Å². The zero-order valence-corrected chi connectivity index (χ0v) is 14.3. The van der Waals surface area contributed by atoms with Crippen LogP contribution in [0.3, 0.4) is 0 Å². The number of rotatable bonds is 4. The molecule has 1 heteroatoms. The molecule has 3 rings (SSSR count). The third-order valence-corrected chi connectivity index (χ3v) is 7.16. The molecule has 0 aromatic heterocycles. The number of ketones is 1. The first-order valence-corrected chi connectivity index (χ1v) is 9.69. The van der Waals surface area contributed by atoms with Gasteiger partial charge >= 0.3 is 0 Å². The first-order valence-electron chi connectivity index (χ1n) is 9.69. The van der Waals surface area contributed by atoms with Crippen LogP contribution in [0.4, 0.5) is 0 Å². The quantitative estimate of drug-likeness (QED) is 0.628. The minimum Gasteiger partial charge on any atom is -0.298 e. The molecule has 0 radical (unpaired) electrons. The van der Waals surface area contributed by atoms with E-state index in [1.807, 2.05) is 0 Å². The van der Waals surface area contributed by atoms with Gasteiger partial charge in [0.25, 0.3) is 0 Å². The maximum atomic E-state index is 13.0. The second kappa shape index (κ2) is 6.05. The Morgan fingerprint density at radius 3 is 1.48 bits per heavy atom. The molecule has 0 aromatic rings. The zero-order chi connectivity index (χ0) is 14.9. The van der Waals surface area contributed by atoms with E-state index in [9.17, 15) is 4.79 Å². The van der Waals surface area contributed by atoms with Crippen LogP contribution in [0.2, 0.25) is 0 Å². The number of hydrogen-bond donors (Lipinski definition) is 0. The van der Waals surface area contributed by atoms with E-state index in [1.54, 1.807) is 0 Å². The smallest absolute Gasteiger partial charge is 0.145 e. The molecule has 0 N–H and O–H groups in total. The van der Waals surface area contributed by atoms with Crippen LogP contribution in [0.25, 0.3) is 0 Å². The Kier molecular flexibility index (Phi) is 4.48. The zero-order valence-electron chi connectivity index (χ0n) is 14.3. The summed E-state index contributed by atoms with van der Waals surface area (Å²) in [6.07, 6.45) is 16.8. The molecule has 120 valence electrons. The highest BCUT2D eigenvalue weighted by Gasteiger charge is 2.62. The van der Waals surface area contributed by atoms with Crippen LogP contribution in [-0.4, -0.2) is 5.78 Å². The average Bonchev–Trinajstić information content (AvgIpc) is 2.51.